The maximum absolute atomic E-state index is 11.6. The average molecular weight is 327 g/mol. The van der Waals surface area contributed by atoms with E-state index < -0.39 is 9.84 Å². The zero-order chi connectivity index (χ0) is 16.2. The molecule has 22 heavy (non-hydrogen) atoms. The fourth-order valence-electron chi connectivity index (χ4n) is 2.30. The predicted molar refractivity (Wildman–Crippen MR) is 83.0 cm³/mol. The normalized spacial score (nSPS) is 17.3. The minimum absolute atomic E-state index is 0.000195. The number of carbonyl (C=O) groups is 1. The van der Waals surface area contributed by atoms with Crippen LogP contribution in [0.3, 0.4) is 0 Å². The summed E-state index contributed by atoms with van der Waals surface area (Å²) in [5.74, 6) is 1.39. The Balaban J connectivity index is 1.82. The van der Waals surface area contributed by atoms with E-state index in [2.05, 4.69) is 5.32 Å². The second-order valence-electron chi connectivity index (χ2n) is 5.54. The number of amides is 1. The largest absolute Gasteiger partial charge is 0.497 e. The topological polar surface area (TPSA) is 81.7 Å². The van der Waals surface area contributed by atoms with Gasteiger partial charge < -0.3 is 14.8 Å². The van der Waals surface area contributed by atoms with E-state index in [1.807, 2.05) is 18.2 Å². The summed E-state index contributed by atoms with van der Waals surface area (Å²) in [5, 5.41) is 2.77. The number of hydrogen-bond acceptors (Lipinski definition) is 5. The standard InChI is InChI=1S/C15H21NO5S/c1-20-13-4-3-12-7-11(10-21-14(12)8-13)9-16-15(17)5-6-22(2,18)19/h3-4,8,11H,5-7,9-10H2,1-2H3,(H,16,17). The Morgan fingerprint density at radius 3 is 2.91 bits per heavy atom. The summed E-state index contributed by atoms with van der Waals surface area (Å²) in [5.41, 5.74) is 1.09. The molecule has 7 heteroatoms. The molecule has 1 atom stereocenters. The van der Waals surface area contributed by atoms with Crippen LogP contribution in [0.25, 0.3) is 0 Å². The van der Waals surface area contributed by atoms with Gasteiger partial charge >= 0.3 is 0 Å². The molecule has 0 bridgehead atoms. The molecule has 0 spiro atoms. The number of fused-ring (bicyclic) bond motifs is 1. The van der Waals surface area contributed by atoms with E-state index in [1.165, 1.54) is 0 Å². The van der Waals surface area contributed by atoms with Gasteiger partial charge in [-0.05, 0) is 18.1 Å². The number of carbonyl (C=O) groups excluding carboxylic acids is 1. The zero-order valence-corrected chi connectivity index (χ0v) is 13.6. The Bertz CT molecular complexity index is 641. The highest BCUT2D eigenvalue weighted by molar-refractivity contribution is 7.90. The lowest BCUT2D eigenvalue weighted by molar-refractivity contribution is -0.120. The van der Waals surface area contributed by atoms with Crippen LogP contribution in [0.2, 0.25) is 0 Å². The predicted octanol–water partition coefficient (Wildman–Crippen LogP) is 0.797. The summed E-state index contributed by atoms with van der Waals surface area (Å²) in [6.45, 7) is 1.00. The minimum atomic E-state index is -3.11. The summed E-state index contributed by atoms with van der Waals surface area (Å²) in [4.78, 5) is 11.6. The van der Waals surface area contributed by atoms with E-state index in [0.717, 1.165) is 29.7 Å². The van der Waals surface area contributed by atoms with Crippen LogP contribution in [0.15, 0.2) is 18.2 Å². The van der Waals surface area contributed by atoms with Gasteiger partial charge in [0.15, 0.2) is 0 Å². The van der Waals surface area contributed by atoms with Crippen molar-refractivity contribution >= 4 is 15.7 Å². The molecule has 0 saturated heterocycles. The monoisotopic (exact) mass is 327 g/mol. The smallest absolute Gasteiger partial charge is 0.221 e. The molecule has 0 radical (unpaired) electrons. The molecule has 1 heterocycles. The fourth-order valence-corrected chi connectivity index (χ4v) is 2.85. The van der Waals surface area contributed by atoms with Crippen LogP contribution < -0.4 is 14.8 Å². The van der Waals surface area contributed by atoms with Gasteiger partial charge in [-0.1, -0.05) is 6.07 Å². The molecule has 1 aliphatic rings. The van der Waals surface area contributed by atoms with E-state index in [0.29, 0.717) is 13.2 Å². The Hall–Kier alpha value is -1.76. The number of nitrogens with one attached hydrogen (secondary N) is 1. The van der Waals surface area contributed by atoms with Crippen LogP contribution in [-0.4, -0.2) is 46.6 Å². The van der Waals surface area contributed by atoms with Gasteiger partial charge in [-0.3, -0.25) is 4.79 Å². The van der Waals surface area contributed by atoms with Gasteiger partial charge in [-0.2, -0.15) is 0 Å². The maximum Gasteiger partial charge on any atom is 0.221 e. The van der Waals surface area contributed by atoms with E-state index in [1.54, 1.807) is 7.11 Å². The Labute approximate surface area is 130 Å². The zero-order valence-electron chi connectivity index (χ0n) is 12.8. The molecule has 6 nitrogen and oxygen atoms in total. The molecule has 0 aromatic heterocycles. The molecule has 1 unspecified atom stereocenters. The quantitative estimate of drug-likeness (QED) is 0.836. The summed E-state index contributed by atoms with van der Waals surface area (Å²) >= 11 is 0. The molecular weight excluding hydrogens is 306 g/mol. The Morgan fingerprint density at radius 1 is 1.45 bits per heavy atom. The van der Waals surface area contributed by atoms with Crippen LogP contribution in [0, 0.1) is 5.92 Å². The highest BCUT2D eigenvalue weighted by Crippen LogP contribution is 2.30. The van der Waals surface area contributed by atoms with Gasteiger partial charge in [0.25, 0.3) is 0 Å². The summed E-state index contributed by atoms with van der Waals surface area (Å²) in [6.07, 6.45) is 1.94. The third-order valence-corrected chi connectivity index (χ3v) is 4.49. The number of hydrogen-bond donors (Lipinski definition) is 1. The average Bonchev–Trinajstić information content (AvgIpc) is 2.49. The van der Waals surface area contributed by atoms with Crippen molar-refractivity contribution in [3.63, 3.8) is 0 Å². The van der Waals surface area contributed by atoms with E-state index in [4.69, 9.17) is 9.47 Å². The van der Waals surface area contributed by atoms with E-state index in [-0.39, 0.29) is 24.0 Å². The molecule has 2 rings (SSSR count). The third kappa shape index (κ3) is 4.91. The number of ether oxygens (including phenoxy) is 2. The molecule has 0 fully saturated rings. The molecule has 1 aromatic rings. The maximum atomic E-state index is 11.6. The number of sulfone groups is 1. The number of benzene rings is 1. The molecule has 1 amide bonds. The molecule has 122 valence electrons. The van der Waals surface area contributed by atoms with Crippen LogP contribution in [-0.2, 0) is 21.1 Å². The first-order chi connectivity index (χ1) is 10.4. The van der Waals surface area contributed by atoms with Gasteiger partial charge in [0.05, 0.1) is 19.5 Å². The number of methoxy groups -OCH3 is 1. The second kappa shape index (κ2) is 7.00. The first kappa shape index (κ1) is 16.6. The summed E-state index contributed by atoms with van der Waals surface area (Å²) < 4.78 is 32.9. The Kier molecular flexibility index (Phi) is 5.28. The molecule has 0 aliphatic carbocycles. The lowest BCUT2D eigenvalue weighted by Crippen LogP contribution is -2.35. The van der Waals surface area contributed by atoms with Gasteiger partial charge in [0, 0.05) is 31.2 Å². The van der Waals surface area contributed by atoms with Crippen LogP contribution in [0.5, 0.6) is 11.5 Å². The Morgan fingerprint density at radius 2 is 2.23 bits per heavy atom. The molecule has 1 aromatic carbocycles. The number of rotatable bonds is 6. The van der Waals surface area contributed by atoms with Crippen molar-refractivity contribution < 1.29 is 22.7 Å². The first-order valence-corrected chi connectivity index (χ1v) is 9.17. The highest BCUT2D eigenvalue weighted by Gasteiger charge is 2.21. The van der Waals surface area contributed by atoms with Gasteiger partial charge in [0.2, 0.25) is 5.91 Å². The van der Waals surface area contributed by atoms with Crippen LogP contribution in [0.1, 0.15) is 12.0 Å². The lowest BCUT2D eigenvalue weighted by atomic mass is 9.96. The van der Waals surface area contributed by atoms with Crippen LogP contribution >= 0.6 is 0 Å². The van der Waals surface area contributed by atoms with E-state index in [9.17, 15) is 13.2 Å². The van der Waals surface area contributed by atoms with Crippen molar-refractivity contribution in [1.29, 1.82) is 0 Å². The van der Waals surface area contributed by atoms with Crippen molar-refractivity contribution in [2.24, 2.45) is 5.92 Å². The van der Waals surface area contributed by atoms with Gasteiger partial charge in [-0.25, -0.2) is 8.42 Å². The lowest BCUT2D eigenvalue weighted by Gasteiger charge is -2.25. The fraction of sp³-hybridized carbons (Fsp3) is 0.533. The molecule has 1 aliphatic heterocycles. The molecule has 1 N–H and O–H groups in total. The van der Waals surface area contributed by atoms with Crippen molar-refractivity contribution in [3.8, 4) is 11.5 Å². The molecular formula is C15H21NO5S. The van der Waals surface area contributed by atoms with Crippen molar-refractivity contribution in [2.75, 3.05) is 32.3 Å². The molecule has 0 saturated carbocycles. The van der Waals surface area contributed by atoms with E-state index >= 15 is 0 Å². The van der Waals surface area contributed by atoms with Gasteiger partial charge in [-0.15, -0.1) is 0 Å². The SMILES string of the molecule is COc1ccc2c(c1)OCC(CNC(=O)CCS(C)(=O)=O)C2. The van der Waals surface area contributed by atoms with Crippen molar-refractivity contribution in [2.45, 2.75) is 12.8 Å². The third-order valence-electron chi connectivity index (χ3n) is 3.55. The first-order valence-electron chi connectivity index (χ1n) is 7.11. The minimum Gasteiger partial charge on any atom is -0.497 e. The van der Waals surface area contributed by atoms with Crippen molar-refractivity contribution in [3.05, 3.63) is 23.8 Å². The van der Waals surface area contributed by atoms with Crippen LogP contribution in [0.4, 0.5) is 0 Å². The highest BCUT2D eigenvalue weighted by atomic mass is 32.2. The summed E-state index contributed by atoms with van der Waals surface area (Å²) in [6, 6.07) is 5.71. The second-order valence-corrected chi connectivity index (χ2v) is 7.80. The van der Waals surface area contributed by atoms with Crippen molar-refractivity contribution in [1.82, 2.24) is 5.32 Å². The summed E-state index contributed by atoms with van der Waals surface area (Å²) in [7, 11) is -1.50. The van der Waals surface area contributed by atoms with Gasteiger partial charge in [0.1, 0.15) is 21.3 Å².